The Bertz CT molecular complexity index is 923. The average Bonchev–Trinajstić information content (AvgIpc) is 2.93. The molecule has 0 bridgehead atoms. The number of benzene rings is 1. The fourth-order valence-corrected chi connectivity index (χ4v) is 2.33. The molecule has 1 aromatic carbocycles. The number of rotatable bonds is 4. The summed E-state index contributed by atoms with van der Waals surface area (Å²) in [5.41, 5.74) is 1.88. The minimum absolute atomic E-state index is 0.0929. The molecule has 0 amide bonds. The highest BCUT2D eigenvalue weighted by Gasteiger charge is 2.16. The van der Waals surface area contributed by atoms with Crippen molar-refractivity contribution < 1.29 is 9.66 Å². The second kappa shape index (κ2) is 5.77. The molecule has 114 valence electrons. The van der Waals surface area contributed by atoms with Crippen LogP contribution in [0.2, 0.25) is 0 Å². The lowest BCUT2D eigenvalue weighted by Gasteiger charge is -2.03. The molecule has 0 radical (unpaired) electrons. The van der Waals surface area contributed by atoms with Gasteiger partial charge in [0.05, 0.1) is 17.7 Å². The van der Waals surface area contributed by atoms with Crippen LogP contribution in [0.1, 0.15) is 12.6 Å². The summed E-state index contributed by atoms with van der Waals surface area (Å²) in [4.78, 5) is 14.8. The van der Waals surface area contributed by atoms with Gasteiger partial charge in [-0.15, -0.1) is 0 Å². The first-order valence-corrected chi connectivity index (χ1v) is 6.94. The number of fused-ring (bicyclic) bond motifs is 1. The summed E-state index contributed by atoms with van der Waals surface area (Å²) >= 11 is 0. The van der Waals surface area contributed by atoms with E-state index < -0.39 is 4.92 Å². The maximum Gasteiger partial charge on any atom is 0.286 e. The van der Waals surface area contributed by atoms with Gasteiger partial charge in [-0.2, -0.15) is 5.26 Å². The van der Waals surface area contributed by atoms with Gasteiger partial charge in [0.25, 0.3) is 5.69 Å². The van der Waals surface area contributed by atoms with Crippen molar-refractivity contribution >= 4 is 11.3 Å². The third-order valence-corrected chi connectivity index (χ3v) is 3.36. The zero-order valence-electron chi connectivity index (χ0n) is 12.3. The van der Waals surface area contributed by atoms with Crippen molar-refractivity contribution in [3.63, 3.8) is 0 Å². The minimum atomic E-state index is -0.503. The lowest BCUT2D eigenvalue weighted by Crippen LogP contribution is -1.94. The van der Waals surface area contributed by atoms with Crippen molar-refractivity contribution in [1.29, 1.82) is 5.26 Å². The van der Waals surface area contributed by atoms with Crippen LogP contribution in [-0.2, 0) is 0 Å². The monoisotopic (exact) mass is 308 g/mol. The van der Waals surface area contributed by atoms with Gasteiger partial charge in [0, 0.05) is 11.6 Å². The van der Waals surface area contributed by atoms with Gasteiger partial charge in [0.1, 0.15) is 23.2 Å². The lowest BCUT2D eigenvalue weighted by molar-refractivity contribution is -0.385. The first kappa shape index (κ1) is 14.5. The van der Waals surface area contributed by atoms with E-state index >= 15 is 0 Å². The zero-order chi connectivity index (χ0) is 16.4. The van der Waals surface area contributed by atoms with Crippen LogP contribution in [0.4, 0.5) is 5.69 Å². The van der Waals surface area contributed by atoms with Crippen LogP contribution in [0.25, 0.3) is 16.9 Å². The maximum atomic E-state index is 10.9. The summed E-state index contributed by atoms with van der Waals surface area (Å²) in [6, 6.07) is 12.2. The van der Waals surface area contributed by atoms with Crippen LogP contribution in [0, 0.1) is 21.4 Å². The molecule has 2 aromatic heterocycles. The van der Waals surface area contributed by atoms with Gasteiger partial charge >= 0.3 is 0 Å². The first-order chi connectivity index (χ1) is 11.1. The van der Waals surface area contributed by atoms with Crippen LogP contribution in [0.15, 0.2) is 42.6 Å². The van der Waals surface area contributed by atoms with Crippen molar-refractivity contribution in [2.45, 2.75) is 6.92 Å². The molecular formula is C16H12N4O3. The Hall–Kier alpha value is -3.40. The normalized spacial score (nSPS) is 10.4. The Balaban J connectivity index is 2.14. The number of nitro groups is 1. The van der Waals surface area contributed by atoms with E-state index in [4.69, 9.17) is 4.74 Å². The number of hydrogen-bond donors (Lipinski definition) is 0. The van der Waals surface area contributed by atoms with Crippen molar-refractivity contribution in [2.24, 2.45) is 0 Å². The van der Waals surface area contributed by atoms with Gasteiger partial charge < -0.3 is 4.74 Å². The predicted octanol–water partition coefficient (Wildman–Crippen LogP) is 3.18. The second-order valence-electron chi connectivity index (χ2n) is 4.75. The average molecular weight is 308 g/mol. The Labute approximate surface area is 131 Å². The molecule has 23 heavy (non-hydrogen) atoms. The summed E-state index contributed by atoms with van der Waals surface area (Å²) < 4.78 is 6.82. The number of pyridine rings is 1. The van der Waals surface area contributed by atoms with E-state index in [1.165, 1.54) is 22.7 Å². The van der Waals surface area contributed by atoms with Gasteiger partial charge in [-0.3, -0.25) is 14.5 Å². The van der Waals surface area contributed by atoms with Crippen LogP contribution < -0.4 is 4.74 Å². The largest absolute Gasteiger partial charge is 0.494 e. The zero-order valence-corrected chi connectivity index (χ0v) is 12.3. The molecule has 0 fully saturated rings. The third-order valence-electron chi connectivity index (χ3n) is 3.36. The van der Waals surface area contributed by atoms with E-state index in [-0.39, 0.29) is 11.4 Å². The fraction of sp³-hybridized carbons (Fsp3) is 0.125. The standard InChI is InChI=1S/C16H12N4O3/c1-2-23-13-6-3-11(4-7-13)16-14(9-17)19-10-12(20(21)22)5-8-15(19)18-16/h3-8,10H,2H2,1H3. The van der Waals surface area contributed by atoms with E-state index in [0.29, 0.717) is 17.9 Å². The summed E-state index contributed by atoms with van der Waals surface area (Å²) in [5.74, 6) is 0.731. The molecule has 3 rings (SSSR count). The van der Waals surface area contributed by atoms with Gasteiger partial charge in [0.2, 0.25) is 0 Å². The van der Waals surface area contributed by atoms with Crippen LogP contribution in [0.3, 0.4) is 0 Å². The Kier molecular flexibility index (Phi) is 3.65. The first-order valence-electron chi connectivity index (χ1n) is 6.94. The quantitative estimate of drug-likeness (QED) is 0.545. The molecule has 2 heterocycles. The van der Waals surface area contributed by atoms with E-state index in [1.807, 2.05) is 19.1 Å². The van der Waals surface area contributed by atoms with Gasteiger partial charge in [-0.25, -0.2) is 4.98 Å². The molecule has 0 saturated heterocycles. The number of imidazole rings is 1. The topological polar surface area (TPSA) is 93.5 Å². The van der Waals surface area contributed by atoms with Crippen molar-refractivity contribution in [3.8, 4) is 23.1 Å². The maximum absolute atomic E-state index is 10.9. The van der Waals surface area contributed by atoms with E-state index in [2.05, 4.69) is 11.1 Å². The van der Waals surface area contributed by atoms with Gasteiger partial charge in [0.15, 0.2) is 5.69 Å². The highest BCUT2D eigenvalue weighted by atomic mass is 16.6. The highest BCUT2D eigenvalue weighted by Crippen LogP contribution is 2.27. The fourth-order valence-electron chi connectivity index (χ4n) is 2.33. The molecule has 0 aliphatic carbocycles. The Morgan fingerprint density at radius 3 is 2.65 bits per heavy atom. The second-order valence-corrected chi connectivity index (χ2v) is 4.75. The molecule has 0 N–H and O–H groups in total. The SMILES string of the molecule is CCOc1ccc(-c2nc3ccc([N+](=O)[O-])cn3c2C#N)cc1. The number of nitrogens with zero attached hydrogens (tertiary/aromatic N) is 4. The number of ether oxygens (including phenoxy) is 1. The number of aromatic nitrogens is 2. The molecule has 3 aromatic rings. The van der Waals surface area contributed by atoms with Crippen LogP contribution in [0.5, 0.6) is 5.75 Å². The molecule has 0 saturated carbocycles. The summed E-state index contributed by atoms with van der Waals surface area (Å²) in [5, 5.41) is 20.3. The van der Waals surface area contributed by atoms with E-state index in [0.717, 1.165) is 11.3 Å². The van der Waals surface area contributed by atoms with Crippen molar-refractivity contribution in [1.82, 2.24) is 9.38 Å². The molecule has 0 atom stereocenters. The smallest absolute Gasteiger partial charge is 0.286 e. The lowest BCUT2D eigenvalue weighted by atomic mass is 10.1. The van der Waals surface area contributed by atoms with Gasteiger partial charge in [-0.05, 0) is 37.3 Å². The molecule has 0 aliphatic rings. The number of nitriles is 1. The third kappa shape index (κ3) is 2.58. The van der Waals surface area contributed by atoms with Crippen molar-refractivity contribution in [3.05, 3.63) is 58.4 Å². The molecular weight excluding hydrogens is 296 g/mol. The molecule has 0 unspecified atom stereocenters. The summed E-state index contributed by atoms with van der Waals surface area (Å²) in [6.45, 7) is 2.47. The Morgan fingerprint density at radius 1 is 1.30 bits per heavy atom. The number of hydrogen-bond acceptors (Lipinski definition) is 5. The molecule has 0 spiro atoms. The highest BCUT2D eigenvalue weighted by molar-refractivity contribution is 5.70. The predicted molar refractivity (Wildman–Crippen MR) is 83.2 cm³/mol. The van der Waals surface area contributed by atoms with Crippen molar-refractivity contribution in [2.75, 3.05) is 6.61 Å². The summed E-state index contributed by atoms with van der Waals surface area (Å²) in [6.07, 6.45) is 1.30. The Morgan fingerprint density at radius 2 is 2.04 bits per heavy atom. The minimum Gasteiger partial charge on any atom is -0.494 e. The van der Waals surface area contributed by atoms with Gasteiger partial charge in [-0.1, -0.05) is 0 Å². The van der Waals surface area contributed by atoms with E-state index in [1.54, 1.807) is 12.1 Å². The van der Waals surface area contributed by atoms with Crippen LogP contribution in [-0.4, -0.2) is 20.9 Å². The molecule has 7 nitrogen and oxygen atoms in total. The molecule has 0 aliphatic heterocycles. The van der Waals surface area contributed by atoms with E-state index in [9.17, 15) is 15.4 Å². The van der Waals surface area contributed by atoms with Crippen LogP contribution >= 0.6 is 0 Å². The summed E-state index contributed by atoms with van der Waals surface area (Å²) in [7, 11) is 0. The molecule has 7 heteroatoms.